The second-order valence-corrected chi connectivity index (χ2v) is 3.92. The summed E-state index contributed by atoms with van der Waals surface area (Å²) in [5, 5.41) is 8.79. The first-order valence-electron chi connectivity index (χ1n) is 5.50. The molecule has 1 aliphatic rings. The number of ether oxygens (including phenoxy) is 1. The van der Waals surface area contributed by atoms with Gasteiger partial charge in [0.2, 0.25) is 0 Å². The van der Waals surface area contributed by atoms with E-state index in [-0.39, 0.29) is 18.2 Å². The first kappa shape index (κ1) is 11.4. The molecule has 0 radical (unpaired) electrons. The number of amides is 1. The summed E-state index contributed by atoms with van der Waals surface area (Å²) in [6.07, 6.45) is 0.932. The third-order valence-corrected chi connectivity index (χ3v) is 2.96. The van der Waals surface area contributed by atoms with E-state index in [2.05, 4.69) is 4.98 Å². The van der Waals surface area contributed by atoms with Crippen molar-refractivity contribution >= 4 is 6.09 Å². The molecule has 1 aromatic heterocycles. The fourth-order valence-corrected chi connectivity index (χ4v) is 2.05. The SMILES string of the molecule is CCN1C(=O)O[C@H](c2ccnc(C#N)c2)[C@@H]1C. The van der Waals surface area contributed by atoms with Crippen LogP contribution in [0.25, 0.3) is 0 Å². The van der Waals surface area contributed by atoms with Gasteiger partial charge in [-0.1, -0.05) is 0 Å². The van der Waals surface area contributed by atoms with E-state index < -0.39 is 0 Å². The minimum absolute atomic E-state index is 0.0264. The summed E-state index contributed by atoms with van der Waals surface area (Å²) in [5.74, 6) is 0. The molecule has 0 aliphatic carbocycles. The number of carbonyl (C=O) groups excluding carboxylic acids is 1. The Morgan fingerprint density at radius 3 is 3.00 bits per heavy atom. The second-order valence-electron chi connectivity index (χ2n) is 3.92. The van der Waals surface area contributed by atoms with E-state index >= 15 is 0 Å². The molecule has 1 saturated heterocycles. The van der Waals surface area contributed by atoms with Crippen molar-refractivity contribution < 1.29 is 9.53 Å². The summed E-state index contributed by atoms with van der Waals surface area (Å²) in [7, 11) is 0. The molecule has 5 nitrogen and oxygen atoms in total. The number of aromatic nitrogens is 1. The van der Waals surface area contributed by atoms with Gasteiger partial charge < -0.3 is 9.64 Å². The van der Waals surface area contributed by atoms with Crippen molar-refractivity contribution in [2.24, 2.45) is 0 Å². The molecule has 1 fully saturated rings. The number of pyridine rings is 1. The number of nitriles is 1. The number of hydrogen-bond acceptors (Lipinski definition) is 4. The molecule has 0 N–H and O–H groups in total. The van der Waals surface area contributed by atoms with Gasteiger partial charge in [0.05, 0.1) is 6.04 Å². The third-order valence-electron chi connectivity index (χ3n) is 2.96. The molecule has 2 rings (SSSR count). The van der Waals surface area contributed by atoms with Gasteiger partial charge in [0, 0.05) is 12.7 Å². The number of rotatable bonds is 2. The van der Waals surface area contributed by atoms with Crippen molar-refractivity contribution in [3.8, 4) is 6.07 Å². The van der Waals surface area contributed by atoms with E-state index in [0.29, 0.717) is 12.2 Å². The third kappa shape index (κ3) is 1.94. The van der Waals surface area contributed by atoms with Crippen molar-refractivity contribution in [2.45, 2.75) is 26.0 Å². The molecule has 1 aromatic rings. The van der Waals surface area contributed by atoms with Crippen molar-refractivity contribution in [3.63, 3.8) is 0 Å². The van der Waals surface area contributed by atoms with E-state index in [9.17, 15) is 4.79 Å². The fraction of sp³-hybridized carbons (Fsp3) is 0.417. The summed E-state index contributed by atoms with van der Waals surface area (Å²) in [6.45, 7) is 4.46. The van der Waals surface area contributed by atoms with E-state index in [1.807, 2.05) is 19.9 Å². The summed E-state index contributed by atoms with van der Waals surface area (Å²) in [5.41, 5.74) is 1.15. The molecular weight excluding hydrogens is 218 g/mol. The van der Waals surface area contributed by atoms with Gasteiger partial charge in [0.1, 0.15) is 17.9 Å². The van der Waals surface area contributed by atoms with Crippen LogP contribution in [0.2, 0.25) is 0 Å². The monoisotopic (exact) mass is 231 g/mol. The van der Waals surface area contributed by atoms with Crippen LogP contribution < -0.4 is 0 Å². The Morgan fingerprint density at radius 1 is 1.65 bits per heavy atom. The molecule has 0 aromatic carbocycles. The molecule has 2 heterocycles. The Kier molecular flexibility index (Phi) is 2.96. The van der Waals surface area contributed by atoms with Crippen LogP contribution in [-0.4, -0.2) is 28.6 Å². The average Bonchev–Trinajstić information content (AvgIpc) is 2.64. The Hall–Kier alpha value is -2.09. The molecule has 0 bridgehead atoms. The normalized spacial score (nSPS) is 23.4. The zero-order valence-corrected chi connectivity index (χ0v) is 9.75. The highest BCUT2D eigenvalue weighted by atomic mass is 16.6. The van der Waals surface area contributed by atoms with Gasteiger partial charge in [-0.3, -0.25) is 0 Å². The van der Waals surface area contributed by atoms with Gasteiger partial charge in [0.15, 0.2) is 0 Å². The predicted octanol–water partition coefficient (Wildman–Crippen LogP) is 1.85. The quantitative estimate of drug-likeness (QED) is 0.779. The maximum absolute atomic E-state index is 11.6. The van der Waals surface area contributed by atoms with E-state index in [4.69, 9.17) is 10.00 Å². The highest BCUT2D eigenvalue weighted by Crippen LogP contribution is 2.31. The number of hydrogen-bond donors (Lipinski definition) is 0. The van der Waals surface area contributed by atoms with Crippen LogP contribution in [0.5, 0.6) is 0 Å². The number of cyclic esters (lactones) is 1. The molecule has 88 valence electrons. The standard InChI is InChI=1S/C12H13N3O2/c1-3-15-8(2)11(17-12(15)16)9-4-5-14-10(6-9)7-13/h4-6,8,11H,3H2,1-2H3/t8-,11-/m0/s1. The molecule has 5 heteroatoms. The molecule has 0 spiro atoms. The van der Waals surface area contributed by atoms with Crippen LogP contribution in [0.1, 0.15) is 31.2 Å². The topological polar surface area (TPSA) is 66.2 Å². The molecule has 0 saturated carbocycles. The predicted molar refractivity (Wildman–Crippen MR) is 60.0 cm³/mol. The summed E-state index contributed by atoms with van der Waals surface area (Å²) >= 11 is 0. The Morgan fingerprint density at radius 2 is 2.41 bits per heavy atom. The second kappa shape index (κ2) is 4.42. The number of likely N-dealkylation sites (N-methyl/N-ethyl adjacent to an activating group) is 1. The van der Waals surface area contributed by atoms with E-state index in [1.165, 1.54) is 0 Å². The minimum atomic E-state index is -0.322. The van der Waals surface area contributed by atoms with Crippen LogP contribution in [0.4, 0.5) is 4.79 Å². The maximum atomic E-state index is 11.6. The van der Waals surface area contributed by atoms with Gasteiger partial charge in [0.25, 0.3) is 0 Å². The van der Waals surface area contributed by atoms with Gasteiger partial charge in [-0.25, -0.2) is 9.78 Å². The Labute approximate surface area is 99.6 Å². The first-order chi connectivity index (χ1) is 8.17. The lowest BCUT2D eigenvalue weighted by Gasteiger charge is -2.18. The molecule has 1 aliphatic heterocycles. The lowest BCUT2D eigenvalue weighted by atomic mass is 10.0. The summed E-state index contributed by atoms with van der Waals surface area (Å²) < 4.78 is 5.31. The Balaban J connectivity index is 2.29. The number of carbonyl (C=O) groups is 1. The maximum Gasteiger partial charge on any atom is 0.410 e. The lowest BCUT2D eigenvalue weighted by Crippen LogP contribution is -2.31. The molecule has 0 unspecified atom stereocenters. The van der Waals surface area contributed by atoms with Crippen LogP contribution >= 0.6 is 0 Å². The van der Waals surface area contributed by atoms with E-state index in [1.54, 1.807) is 23.2 Å². The first-order valence-corrected chi connectivity index (χ1v) is 5.50. The smallest absolute Gasteiger partial charge is 0.410 e. The van der Waals surface area contributed by atoms with Gasteiger partial charge >= 0.3 is 6.09 Å². The zero-order valence-electron chi connectivity index (χ0n) is 9.75. The van der Waals surface area contributed by atoms with Gasteiger partial charge in [-0.15, -0.1) is 0 Å². The summed E-state index contributed by atoms with van der Waals surface area (Å²) in [4.78, 5) is 17.1. The molecule has 2 atom stereocenters. The van der Waals surface area contributed by atoms with E-state index in [0.717, 1.165) is 5.56 Å². The fourth-order valence-electron chi connectivity index (χ4n) is 2.05. The van der Waals surface area contributed by atoms with Crippen molar-refractivity contribution in [1.82, 2.24) is 9.88 Å². The summed E-state index contributed by atoms with van der Waals surface area (Å²) in [6, 6.07) is 5.38. The Bertz CT molecular complexity index is 481. The molecule has 17 heavy (non-hydrogen) atoms. The minimum Gasteiger partial charge on any atom is -0.439 e. The highest BCUT2D eigenvalue weighted by molar-refractivity contribution is 5.71. The lowest BCUT2D eigenvalue weighted by molar-refractivity contribution is 0.131. The molecule has 1 amide bonds. The highest BCUT2D eigenvalue weighted by Gasteiger charge is 2.38. The van der Waals surface area contributed by atoms with Crippen molar-refractivity contribution in [1.29, 1.82) is 5.26 Å². The van der Waals surface area contributed by atoms with Crippen molar-refractivity contribution in [3.05, 3.63) is 29.6 Å². The van der Waals surface area contributed by atoms with Gasteiger partial charge in [-0.05, 0) is 31.5 Å². The van der Waals surface area contributed by atoms with Crippen molar-refractivity contribution in [2.75, 3.05) is 6.54 Å². The van der Waals surface area contributed by atoms with Crippen LogP contribution in [0.15, 0.2) is 18.3 Å². The number of nitrogens with zero attached hydrogens (tertiary/aromatic N) is 3. The van der Waals surface area contributed by atoms with Crippen LogP contribution in [0.3, 0.4) is 0 Å². The zero-order chi connectivity index (χ0) is 12.4. The van der Waals surface area contributed by atoms with Crippen LogP contribution in [0, 0.1) is 11.3 Å². The van der Waals surface area contributed by atoms with Gasteiger partial charge in [-0.2, -0.15) is 5.26 Å². The average molecular weight is 231 g/mol. The molecular formula is C12H13N3O2. The largest absolute Gasteiger partial charge is 0.439 e. The van der Waals surface area contributed by atoms with Crippen LogP contribution in [-0.2, 0) is 4.74 Å².